The van der Waals surface area contributed by atoms with Crippen LogP contribution >= 0.6 is 0 Å². The second-order valence-corrected chi connectivity index (χ2v) is 6.41. The summed E-state index contributed by atoms with van der Waals surface area (Å²) in [7, 11) is 0. The van der Waals surface area contributed by atoms with Crippen LogP contribution in [-0.4, -0.2) is 43.0 Å². The summed E-state index contributed by atoms with van der Waals surface area (Å²) < 4.78 is 0. The highest BCUT2D eigenvalue weighted by Crippen LogP contribution is 2.29. The molecule has 0 spiro atoms. The molecule has 0 radical (unpaired) electrons. The molecule has 2 aliphatic rings. The molecule has 1 heterocycles. The number of benzene rings is 1. The Morgan fingerprint density at radius 3 is 3.14 bits per heavy atom. The number of nitrogens with zero attached hydrogens (tertiary/aromatic N) is 1. The van der Waals surface area contributed by atoms with Gasteiger partial charge in [-0.2, -0.15) is 0 Å². The first-order valence-corrected chi connectivity index (χ1v) is 8.62. The molecule has 1 saturated heterocycles. The summed E-state index contributed by atoms with van der Waals surface area (Å²) in [5, 5.41) is 6.67. The minimum atomic E-state index is -0.0252. The molecule has 1 aromatic rings. The molecule has 1 fully saturated rings. The molecule has 0 bridgehead atoms. The topological polar surface area (TPSA) is 44.4 Å². The fraction of sp³-hybridized carbons (Fsp3) is 0.611. The average Bonchev–Trinajstić information content (AvgIpc) is 2.56. The van der Waals surface area contributed by atoms with Crippen molar-refractivity contribution in [2.45, 2.75) is 44.7 Å². The van der Waals surface area contributed by atoms with E-state index in [1.807, 2.05) is 0 Å². The maximum atomic E-state index is 12.8. The van der Waals surface area contributed by atoms with Crippen LogP contribution in [-0.2, 0) is 11.2 Å². The Morgan fingerprint density at radius 2 is 2.27 bits per heavy atom. The number of carbonyl (C=O) groups is 1. The first-order valence-electron chi connectivity index (χ1n) is 8.62. The van der Waals surface area contributed by atoms with E-state index >= 15 is 0 Å². The smallest absolute Gasteiger partial charge is 0.239 e. The molecule has 120 valence electrons. The highest BCUT2D eigenvalue weighted by atomic mass is 16.2. The van der Waals surface area contributed by atoms with Gasteiger partial charge in [0.1, 0.15) is 6.04 Å². The molecule has 0 saturated carbocycles. The van der Waals surface area contributed by atoms with Crippen LogP contribution in [0, 0.1) is 0 Å². The molecule has 22 heavy (non-hydrogen) atoms. The standard InChI is InChI=1S/C18H27N3O/c1-2-11-21-12-10-19-13-17(21)18(22)20-16-9-5-7-14-6-3-4-8-15(14)16/h3-4,6,8,16-17,19H,2,5,7,9-13H2,1H3,(H,20,22). The van der Waals surface area contributed by atoms with Gasteiger partial charge in [-0.15, -0.1) is 0 Å². The van der Waals surface area contributed by atoms with Crippen LogP contribution in [0.5, 0.6) is 0 Å². The lowest BCUT2D eigenvalue weighted by atomic mass is 9.87. The monoisotopic (exact) mass is 301 g/mol. The normalized spacial score (nSPS) is 25.5. The molecule has 2 unspecified atom stereocenters. The zero-order valence-electron chi connectivity index (χ0n) is 13.5. The lowest BCUT2D eigenvalue weighted by molar-refractivity contribution is -0.128. The quantitative estimate of drug-likeness (QED) is 0.892. The van der Waals surface area contributed by atoms with Crippen LogP contribution in [0.15, 0.2) is 24.3 Å². The second-order valence-electron chi connectivity index (χ2n) is 6.41. The second kappa shape index (κ2) is 7.25. The number of rotatable bonds is 4. The third-order valence-corrected chi connectivity index (χ3v) is 4.85. The summed E-state index contributed by atoms with van der Waals surface area (Å²) in [6.07, 6.45) is 4.44. The Kier molecular flexibility index (Phi) is 5.11. The number of amides is 1. The summed E-state index contributed by atoms with van der Waals surface area (Å²) in [6.45, 7) is 5.89. The zero-order valence-corrected chi connectivity index (χ0v) is 13.5. The van der Waals surface area contributed by atoms with Gasteiger partial charge < -0.3 is 10.6 Å². The summed E-state index contributed by atoms with van der Waals surface area (Å²) in [5.74, 6) is 0.183. The van der Waals surface area contributed by atoms with Crippen molar-refractivity contribution in [3.8, 4) is 0 Å². The molecule has 3 rings (SSSR count). The van der Waals surface area contributed by atoms with Gasteiger partial charge in [-0.05, 0) is 43.4 Å². The van der Waals surface area contributed by atoms with Gasteiger partial charge in [0.25, 0.3) is 0 Å². The van der Waals surface area contributed by atoms with Gasteiger partial charge in [0.05, 0.1) is 6.04 Å². The van der Waals surface area contributed by atoms with Gasteiger partial charge in [-0.1, -0.05) is 31.2 Å². The van der Waals surface area contributed by atoms with E-state index in [0.717, 1.165) is 51.9 Å². The third-order valence-electron chi connectivity index (χ3n) is 4.85. The Hall–Kier alpha value is -1.39. The molecule has 1 amide bonds. The van der Waals surface area contributed by atoms with Crippen LogP contribution in [0.4, 0.5) is 0 Å². The van der Waals surface area contributed by atoms with Crippen LogP contribution in [0.1, 0.15) is 43.4 Å². The lowest BCUT2D eigenvalue weighted by Gasteiger charge is -2.36. The zero-order chi connectivity index (χ0) is 15.4. The van der Waals surface area contributed by atoms with E-state index in [-0.39, 0.29) is 18.0 Å². The van der Waals surface area contributed by atoms with Crippen LogP contribution in [0.25, 0.3) is 0 Å². The van der Waals surface area contributed by atoms with Crippen LogP contribution in [0.2, 0.25) is 0 Å². The van der Waals surface area contributed by atoms with Gasteiger partial charge in [-0.3, -0.25) is 9.69 Å². The first-order chi connectivity index (χ1) is 10.8. The Balaban J connectivity index is 1.69. The van der Waals surface area contributed by atoms with E-state index in [1.165, 1.54) is 11.1 Å². The van der Waals surface area contributed by atoms with Gasteiger partial charge in [-0.25, -0.2) is 0 Å². The molecule has 2 N–H and O–H groups in total. The van der Waals surface area contributed by atoms with Crippen molar-refractivity contribution in [1.29, 1.82) is 0 Å². The molecule has 4 heteroatoms. The van der Waals surface area contributed by atoms with Crippen molar-refractivity contribution in [1.82, 2.24) is 15.5 Å². The predicted molar refractivity (Wildman–Crippen MR) is 88.8 cm³/mol. The summed E-state index contributed by atoms with van der Waals surface area (Å²) >= 11 is 0. The van der Waals surface area contributed by atoms with Gasteiger partial charge in [0.2, 0.25) is 5.91 Å². The Labute approximate surface area is 133 Å². The number of hydrogen-bond acceptors (Lipinski definition) is 3. The number of carbonyl (C=O) groups excluding carboxylic acids is 1. The van der Waals surface area contributed by atoms with Crippen molar-refractivity contribution in [3.05, 3.63) is 35.4 Å². The molecule has 1 aromatic carbocycles. The van der Waals surface area contributed by atoms with Crippen molar-refractivity contribution < 1.29 is 4.79 Å². The average molecular weight is 301 g/mol. The summed E-state index contributed by atoms with van der Waals surface area (Å²) in [6, 6.07) is 8.69. The van der Waals surface area contributed by atoms with E-state index in [0.29, 0.717) is 0 Å². The molecule has 4 nitrogen and oxygen atoms in total. The molecule has 0 aromatic heterocycles. The Morgan fingerprint density at radius 1 is 1.41 bits per heavy atom. The van der Waals surface area contributed by atoms with Crippen LogP contribution < -0.4 is 10.6 Å². The number of hydrogen-bond donors (Lipinski definition) is 2. The van der Waals surface area contributed by atoms with Crippen molar-refractivity contribution in [3.63, 3.8) is 0 Å². The molecule has 2 atom stereocenters. The van der Waals surface area contributed by atoms with Gasteiger partial charge in [0, 0.05) is 19.6 Å². The molecular weight excluding hydrogens is 274 g/mol. The highest BCUT2D eigenvalue weighted by Gasteiger charge is 2.30. The number of aryl methyl sites for hydroxylation is 1. The van der Waals surface area contributed by atoms with E-state index in [2.05, 4.69) is 46.7 Å². The van der Waals surface area contributed by atoms with E-state index in [1.54, 1.807) is 0 Å². The molecule has 1 aliphatic carbocycles. The first kappa shape index (κ1) is 15.5. The minimum absolute atomic E-state index is 0.0252. The molecule has 1 aliphatic heterocycles. The maximum absolute atomic E-state index is 12.8. The van der Waals surface area contributed by atoms with Crippen LogP contribution in [0.3, 0.4) is 0 Å². The third kappa shape index (κ3) is 3.33. The van der Waals surface area contributed by atoms with Gasteiger partial charge >= 0.3 is 0 Å². The van der Waals surface area contributed by atoms with E-state index in [4.69, 9.17) is 0 Å². The lowest BCUT2D eigenvalue weighted by Crippen LogP contribution is -2.58. The minimum Gasteiger partial charge on any atom is -0.348 e. The number of fused-ring (bicyclic) bond motifs is 1. The highest BCUT2D eigenvalue weighted by molar-refractivity contribution is 5.82. The fourth-order valence-corrected chi connectivity index (χ4v) is 3.73. The maximum Gasteiger partial charge on any atom is 0.239 e. The SMILES string of the molecule is CCCN1CCNCC1C(=O)NC1CCCc2ccccc21. The van der Waals surface area contributed by atoms with Crippen molar-refractivity contribution in [2.75, 3.05) is 26.2 Å². The fourth-order valence-electron chi connectivity index (χ4n) is 3.73. The van der Waals surface area contributed by atoms with E-state index < -0.39 is 0 Å². The van der Waals surface area contributed by atoms with Crippen molar-refractivity contribution in [2.24, 2.45) is 0 Å². The Bertz CT molecular complexity index is 515. The van der Waals surface area contributed by atoms with Gasteiger partial charge in [0.15, 0.2) is 0 Å². The number of piperazine rings is 1. The van der Waals surface area contributed by atoms with E-state index in [9.17, 15) is 4.79 Å². The largest absolute Gasteiger partial charge is 0.348 e. The van der Waals surface area contributed by atoms with Crippen molar-refractivity contribution >= 4 is 5.91 Å². The predicted octanol–water partition coefficient (Wildman–Crippen LogP) is 1.86. The molecular formula is C18H27N3O. The summed E-state index contributed by atoms with van der Waals surface area (Å²) in [5.41, 5.74) is 2.71. The summed E-state index contributed by atoms with van der Waals surface area (Å²) in [4.78, 5) is 15.1. The number of nitrogens with one attached hydrogen (secondary N) is 2.